The van der Waals surface area contributed by atoms with E-state index in [-0.39, 0.29) is 24.8 Å². The fourth-order valence-electron chi connectivity index (χ4n) is 2.83. The van der Waals surface area contributed by atoms with Gasteiger partial charge in [0.05, 0.1) is 24.1 Å². The quantitative estimate of drug-likeness (QED) is 0.857. The van der Waals surface area contributed by atoms with Crippen LogP contribution in [0.5, 0.6) is 0 Å². The summed E-state index contributed by atoms with van der Waals surface area (Å²) in [6.07, 6.45) is -0.00929. The van der Waals surface area contributed by atoms with Gasteiger partial charge in [-0.1, -0.05) is 12.1 Å². The number of aliphatic carboxylic acids is 1. The van der Waals surface area contributed by atoms with Gasteiger partial charge in [-0.05, 0) is 31.2 Å². The summed E-state index contributed by atoms with van der Waals surface area (Å²) in [6.45, 7) is 2.32. The van der Waals surface area contributed by atoms with Crippen molar-refractivity contribution in [3.05, 3.63) is 58.9 Å². The fourth-order valence-corrected chi connectivity index (χ4v) is 2.83. The molecule has 0 saturated carbocycles. The maximum Gasteiger partial charge on any atom is 0.305 e. The highest BCUT2D eigenvalue weighted by Gasteiger charge is 2.35. The third kappa shape index (κ3) is 2.63. The van der Waals surface area contributed by atoms with Crippen LogP contribution in [-0.2, 0) is 17.9 Å². The van der Waals surface area contributed by atoms with Gasteiger partial charge in [-0.3, -0.25) is 19.3 Å². The van der Waals surface area contributed by atoms with E-state index < -0.39 is 5.97 Å². The molecule has 1 N–H and O–H groups in total. The van der Waals surface area contributed by atoms with Crippen molar-refractivity contribution in [1.29, 1.82) is 0 Å². The number of hydrogen-bond acceptors (Lipinski definition) is 3. The topological polar surface area (TPSA) is 79.6 Å². The zero-order chi connectivity index (χ0) is 16.6. The lowest BCUT2D eigenvalue weighted by molar-refractivity contribution is -0.137. The van der Waals surface area contributed by atoms with Crippen molar-refractivity contribution in [3.8, 4) is 0 Å². The molecule has 0 atom stereocenters. The van der Waals surface area contributed by atoms with E-state index in [9.17, 15) is 14.4 Å². The van der Waals surface area contributed by atoms with Gasteiger partial charge in [-0.15, -0.1) is 0 Å². The molecule has 0 radical (unpaired) electrons. The van der Waals surface area contributed by atoms with Crippen LogP contribution < -0.4 is 0 Å². The Balaban J connectivity index is 1.85. The second-order valence-corrected chi connectivity index (χ2v) is 5.50. The molecule has 3 rings (SSSR count). The van der Waals surface area contributed by atoms with Gasteiger partial charge in [0.25, 0.3) is 11.8 Å². The Labute approximate surface area is 132 Å². The van der Waals surface area contributed by atoms with Gasteiger partial charge in [0.15, 0.2) is 0 Å². The second kappa shape index (κ2) is 5.72. The van der Waals surface area contributed by atoms with Crippen LogP contribution >= 0.6 is 0 Å². The maximum absolute atomic E-state index is 12.4. The van der Waals surface area contributed by atoms with E-state index >= 15 is 0 Å². The van der Waals surface area contributed by atoms with Crippen LogP contribution in [0.1, 0.15) is 38.5 Å². The molecule has 0 bridgehead atoms. The number of hydrogen-bond donors (Lipinski definition) is 1. The average Bonchev–Trinajstić information content (AvgIpc) is 2.99. The largest absolute Gasteiger partial charge is 0.481 e. The first-order chi connectivity index (χ1) is 11.0. The van der Waals surface area contributed by atoms with Crippen molar-refractivity contribution in [1.82, 2.24) is 9.47 Å². The van der Waals surface area contributed by atoms with Crippen LogP contribution in [0.25, 0.3) is 0 Å². The molecule has 0 spiro atoms. The highest BCUT2D eigenvalue weighted by Crippen LogP contribution is 2.24. The fraction of sp³-hybridized carbons (Fsp3) is 0.235. The normalized spacial score (nSPS) is 13.5. The van der Waals surface area contributed by atoms with Crippen molar-refractivity contribution >= 4 is 17.8 Å². The van der Waals surface area contributed by atoms with E-state index in [4.69, 9.17) is 5.11 Å². The third-order valence-electron chi connectivity index (χ3n) is 4.04. The number of aryl methyl sites for hydroxylation is 1. The number of aromatic nitrogens is 1. The van der Waals surface area contributed by atoms with E-state index in [2.05, 4.69) is 0 Å². The molecule has 1 aromatic heterocycles. The zero-order valence-corrected chi connectivity index (χ0v) is 12.7. The molecule has 0 aliphatic carbocycles. The minimum atomic E-state index is -0.884. The molecule has 2 heterocycles. The minimum absolute atomic E-state index is 0.00929. The number of rotatable bonds is 5. The van der Waals surface area contributed by atoms with E-state index in [1.807, 2.05) is 23.6 Å². The number of amides is 2. The highest BCUT2D eigenvalue weighted by molar-refractivity contribution is 6.21. The number of carboxylic acid groups (broad SMARTS) is 1. The van der Waals surface area contributed by atoms with Gasteiger partial charge in [-0.2, -0.15) is 0 Å². The van der Waals surface area contributed by atoms with Gasteiger partial charge < -0.3 is 9.67 Å². The van der Waals surface area contributed by atoms with Gasteiger partial charge >= 0.3 is 5.97 Å². The summed E-state index contributed by atoms with van der Waals surface area (Å²) in [4.78, 5) is 36.8. The number of imide groups is 1. The minimum Gasteiger partial charge on any atom is -0.481 e. The molecule has 23 heavy (non-hydrogen) atoms. The summed E-state index contributed by atoms with van der Waals surface area (Å²) < 4.78 is 1.83. The Morgan fingerprint density at radius 1 is 1.04 bits per heavy atom. The SMILES string of the molecule is Cc1ccc(CN2C(=O)c3ccccc3C2=O)n1CCC(=O)O. The summed E-state index contributed by atoms with van der Waals surface area (Å²) in [7, 11) is 0. The Morgan fingerprint density at radius 3 is 2.22 bits per heavy atom. The summed E-state index contributed by atoms with van der Waals surface area (Å²) >= 11 is 0. The molecule has 0 fully saturated rings. The van der Waals surface area contributed by atoms with E-state index in [0.29, 0.717) is 17.7 Å². The second-order valence-electron chi connectivity index (χ2n) is 5.50. The van der Waals surface area contributed by atoms with Crippen molar-refractivity contribution < 1.29 is 19.5 Å². The first kappa shape index (κ1) is 15.0. The van der Waals surface area contributed by atoms with Crippen molar-refractivity contribution in [2.24, 2.45) is 0 Å². The predicted octanol–water partition coefficient (Wildman–Crippen LogP) is 2.07. The average molecular weight is 312 g/mol. The molecule has 1 aliphatic rings. The Morgan fingerprint density at radius 2 is 1.65 bits per heavy atom. The molecular weight excluding hydrogens is 296 g/mol. The Hall–Kier alpha value is -2.89. The Kier molecular flexibility index (Phi) is 3.73. The molecule has 1 aliphatic heterocycles. The van der Waals surface area contributed by atoms with E-state index in [1.165, 1.54) is 4.90 Å². The maximum atomic E-state index is 12.4. The van der Waals surface area contributed by atoms with Crippen molar-refractivity contribution in [2.75, 3.05) is 0 Å². The van der Waals surface area contributed by atoms with Crippen LogP contribution in [0.4, 0.5) is 0 Å². The van der Waals surface area contributed by atoms with Crippen molar-refractivity contribution in [3.63, 3.8) is 0 Å². The zero-order valence-electron chi connectivity index (χ0n) is 12.7. The lowest BCUT2D eigenvalue weighted by Crippen LogP contribution is -2.30. The molecular formula is C17H16N2O4. The lowest BCUT2D eigenvalue weighted by Gasteiger charge is -2.16. The number of carbonyl (C=O) groups excluding carboxylic acids is 2. The van der Waals surface area contributed by atoms with Gasteiger partial charge in [0, 0.05) is 17.9 Å². The van der Waals surface area contributed by atoms with E-state index in [1.54, 1.807) is 24.3 Å². The summed E-state index contributed by atoms with van der Waals surface area (Å²) in [5, 5.41) is 8.85. The summed E-state index contributed by atoms with van der Waals surface area (Å²) in [5.74, 6) is -1.51. The lowest BCUT2D eigenvalue weighted by atomic mass is 10.1. The number of fused-ring (bicyclic) bond motifs is 1. The smallest absolute Gasteiger partial charge is 0.305 e. The number of carboxylic acids is 1. The number of benzene rings is 1. The van der Waals surface area contributed by atoms with Crippen LogP contribution in [0.15, 0.2) is 36.4 Å². The predicted molar refractivity (Wildman–Crippen MR) is 82.1 cm³/mol. The molecule has 0 saturated heterocycles. The third-order valence-corrected chi connectivity index (χ3v) is 4.04. The number of nitrogens with zero attached hydrogens (tertiary/aromatic N) is 2. The molecule has 118 valence electrons. The van der Waals surface area contributed by atoms with E-state index in [0.717, 1.165) is 11.4 Å². The van der Waals surface area contributed by atoms with Gasteiger partial charge in [-0.25, -0.2) is 0 Å². The van der Waals surface area contributed by atoms with Gasteiger partial charge in [0.2, 0.25) is 0 Å². The van der Waals surface area contributed by atoms with Crippen LogP contribution in [0.2, 0.25) is 0 Å². The number of carbonyl (C=O) groups is 3. The van der Waals surface area contributed by atoms with Crippen LogP contribution in [0.3, 0.4) is 0 Å². The molecule has 6 nitrogen and oxygen atoms in total. The molecule has 0 unspecified atom stereocenters. The van der Waals surface area contributed by atoms with Crippen LogP contribution in [0, 0.1) is 6.92 Å². The highest BCUT2D eigenvalue weighted by atomic mass is 16.4. The standard InChI is InChI=1S/C17H16N2O4/c1-11-6-7-12(18(11)9-8-15(20)21)10-19-16(22)13-4-2-3-5-14(13)17(19)23/h2-7H,8-10H2,1H3,(H,20,21). The summed E-state index contributed by atoms with van der Waals surface area (Å²) in [6, 6.07) is 10.4. The first-order valence-electron chi connectivity index (χ1n) is 7.31. The Bertz CT molecular complexity index is 772. The summed E-state index contributed by atoms with van der Waals surface area (Å²) in [5.41, 5.74) is 2.48. The van der Waals surface area contributed by atoms with Crippen LogP contribution in [-0.4, -0.2) is 32.4 Å². The monoisotopic (exact) mass is 312 g/mol. The first-order valence-corrected chi connectivity index (χ1v) is 7.31. The molecule has 2 aromatic rings. The van der Waals surface area contributed by atoms with Gasteiger partial charge in [0.1, 0.15) is 0 Å². The molecule has 2 amide bonds. The molecule has 1 aromatic carbocycles. The van der Waals surface area contributed by atoms with Crippen molar-refractivity contribution in [2.45, 2.75) is 26.4 Å². The molecule has 6 heteroatoms.